The first-order valence-electron chi connectivity index (χ1n) is 5.85. The van der Waals surface area contributed by atoms with Gasteiger partial charge in [-0.1, -0.05) is 6.07 Å². The smallest absolute Gasteiger partial charge is 0.161 e. The monoisotopic (exact) mass is 239 g/mol. The van der Waals surface area contributed by atoms with Gasteiger partial charge in [-0.15, -0.1) is 0 Å². The fourth-order valence-electron chi connectivity index (χ4n) is 1.78. The molecule has 1 aromatic rings. The van der Waals surface area contributed by atoms with Crippen LogP contribution in [0.4, 0.5) is 0 Å². The van der Waals surface area contributed by atoms with Crippen molar-refractivity contribution < 1.29 is 14.6 Å². The number of aliphatic hydroxyl groups excluding tert-OH is 1. The van der Waals surface area contributed by atoms with Crippen LogP contribution in [0.2, 0.25) is 0 Å². The van der Waals surface area contributed by atoms with Crippen LogP contribution in [-0.2, 0) is 0 Å². The molecule has 4 nitrogen and oxygen atoms in total. The maximum atomic E-state index is 9.00. The third-order valence-corrected chi connectivity index (χ3v) is 2.66. The average Bonchev–Trinajstić information content (AvgIpc) is 2.37. The molecule has 96 valence electrons. The number of rotatable bonds is 7. The second-order valence-corrected chi connectivity index (χ2v) is 3.70. The van der Waals surface area contributed by atoms with Crippen molar-refractivity contribution in [2.75, 3.05) is 27.4 Å². The number of hydrogen-bond donors (Lipinski definition) is 2. The lowest BCUT2D eigenvalue weighted by Gasteiger charge is -2.17. The van der Waals surface area contributed by atoms with E-state index in [2.05, 4.69) is 5.32 Å². The van der Waals surface area contributed by atoms with Crippen molar-refractivity contribution in [2.24, 2.45) is 0 Å². The molecule has 0 saturated carbocycles. The van der Waals surface area contributed by atoms with E-state index in [1.165, 1.54) is 0 Å². The zero-order valence-electron chi connectivity index (χ0n) is 10.7. The molecule has 0 aliphatic rings. The van der Waals surface area contributed by atoms with Crippen LogP contribution < -0.4 is 14.8 Å². The summed E-state index contributed by atoms with van der Waals surface area (Å²) in [7, 11) is 3.51. The van der Waals surface area contributed by atoms with E-state index in [-0.39, 0.29) is 12.6 Å². The molecule has 0 aromatic heterocycles. The van der Waals surface area contributed by atoms with E-state index in [0.717, 1.165) is 17.1 Å². The summed E-state index contributed by atoms with van der Waals surface area (Å²) in [6.45, 7) is 2.71. The van der Waals surface area contributed by atoms with Gasteiger partial charge in [0, 0.05) is 12.6 Å². The van der Waals surface area contributed by atoms with Crippen molar-refractivity contribution >= 4 is 0 Å². The molecule has 0 aliphatic heterocycles. The molecule has 4 heteroatoms. The van der Waals surface area contributed by atoms with Crippen molar-refractivity contribution in [3.8, 4) is 11.5 Å². The molecule has 0 aliphatic carbocycles. The van der Waals surface area contributed by atoms with Gasteiger partial charge in [0.25, 0.3) is 0 Å². The van der Waals surface area contributed by atoms with E-state index >= 15 is 0 Å². The minimum Gasteiger partial charge on any atom is -0.493 e. The average molecular weight is 239 g/mol. The molecule has 0 radical (unpaired) electrons. The SMILES string of the molecule is CCOc1ccc(C(CCO)NC)cc1OC. The van der Waals surface area contributed by atoms with Crippen molar-refractivity contribution in [3.05, 3.63) is 23.8 Å². The number of aliphatic hydroxyl groups is 1. The van der Waals surface area contributed by atoms with Crippen LogP contribution in [0.15, 0.2) is 18.2 Å². The zero-order chi connectivity index (χ0) is 12.7. The third kappa shape index (κ3) is 3.61. The first kappa shape index (κ1) is 13.8. The molecule has 0 saturated heterocycles. The molecule has 0 bridgehead atoms. The summed E-state index contributed by atoms with van der Waals surface area (Å²) in [6, 6.07) is 5.97. The first-order valence-corrected chi connectivity index (χ1v) is 5.85. The Morgan fingerprint density at radius 2 is 2.12 bits per heavy atom. The Balaban J connectivity index is 2.94. The summed E-state index contributed by atoms with van der Waals surface area (Å²) < 4.78 is 10.8. The fraction of sp³-hybridized carbons (Fsp3) is 0.538. The van der Waals surface area contributed by atoms with Crippen LogP contribution in [0.3, 0.4) is 0 Å². The Hall–Kier alpha value is -1.26. The van der Waals surface area contributed by atoms with Crippen LogP contribution in [-0.4, -0.2) is 32.5 Å². The predicted molar refractivity (Wildman–Crippen MR) is 67.7 cm³/mol. The minimum atomic E-state index is 0.129. The largest absolute Gasteiger partial charge is 0.493 e. The maximum Gasteiger partial charge on any atom is 0.161 e. The van der Waals surface area contributed by atoms with Crippen molar-refractivity contribution in [1.82, 2.24) is 5.32 Å². The summed E-state index contributed by atoms with van der Waals surface area (Å²) in [6.07, 6.45) is 0.674. The maximum absolute atomic E-state index is 9.00. The van der Waals surface area contributed by atoms with E-state index < -0.39 is 0 Å². The highest BCUT2D eigenvalue weighted by Gasteiger charge is 2.12. The molecule has 1 atom stereocenters. The van der Waals surface area contributed by atoms with Gasteiger partial charge in [0.2, 0.25) is 0 Å². The first-order chi connectivity index (χ1) is 8.26. The van der Waals surface area contributed by atoms with Crippen LogP contribution in [0.5, 0.6) is 11.5 Å². The lowest BCUT2D eigenvalue weighted by atomic mass is 10.0. The normalized spacial score (nSPS) is 12.2. The fourth-order valence-corrected chi connectivity index (χ4v) is 1.78. The topological polar surface area (TPSA) is 50.7 Å². The van der Waals surface area contributed by atoms with Gasteiger partial charge in [-0.05, 0) is 38.1 Å². The molecule has 0 spiro atoms. The van der Waals surface area contributed by atoms with E-state index in [1.807, 2.05) is 32.2 Å². The Bertz CT molecular complexity index is 341. The molecule has 17 heavy (non-hydrogen) atoms. The van der Waals surface area contributed by atoms with Gasteiger partial charge in [-0.2, -0.15) is 0 Å². The standard InChI is InChI=1S/C13H21NO3/c1-4-17-12-6-5-10(9-13(12)16-3)11(14-2)7-8-15/h5-6,9,11,14-15H,4,7-8H2,1-3H3. The number of hydrogen-bond acceptors (Lipinski definition) is 4. The van der Waals surface area contributed by atoms with E-state index in [4.69, 9.17) is 14.6 Å². The van der Waals surface area contributed by atoms with Gasteiger partial charge < -0.3 is 19.9 Å². The third-order valence-electron chi connectivity index (χ3n) is 2.66. The van der Waals surface area contributed by atoms with Gasteiger partial charge in [-0.25, -0.2) is 0 Å². The van der Waals surface area contributed by atoms with Crippen molar-refractivity contribution in [3.63, 3.8) is 0 Å². The second-order valence-electron chi connectivity index (χ2n) is 3.70. The molecular formula is C13H21NO3. The lowest BCUT2D eigenvalue weighted by Crippen LogP contribution is -2.17. The Morgan fingerprint density at radius 1 is 1.35 bits per heavy atom. The Kier molecular flexibility index (Phi) is 5.80. The number of methoxy groups -OCH3 is 1. The summed E-state index contributed by atoms with van der Waals surface area (Å²) in [4.78, 5) is 0. The highest BCUT2D eigenvalue weighted by molar-refractivity contribution is 5.43. The van der Waals surface area contributed by atoms with Gasteiger partial charge in [0.15, 0.2) is 11.5 Å². The molecular weight excluding hydrogens is 218 g/mol. The van der Waals surface area contributed by atoms with E-state index in [9.17, 15) is 0 Å². The van der Waals surface area contributed by atoms with Crippen LogP contribution in [0.25, 0.3) is 0 Å². The van der Waals surface area contributed by atoms with Gasteiger partial charge in [0.1, 0.15) is 0 Å². The summed E-state index contributed by atoms with van der Waals surface area (Å²) in [5.41, 5.74) is 1.09. The number of benzene rings is 1. The van der Waals surface area contributed by atoms with E-state index in [0.29, 0.717) is 13.0 Å². The lowest BCUT2D eigenvalue weighted by molar-refractivity contribution is 0.268. The summed E-state index contributed by atoms with van der Waals surface area (Å²) >= 11 is 0. The molecule has 1 aromatic carbocycles. The molecule has 0 fully saturated rings. The van der Waals surface area contributed by atoms with Crippen LogP contribution in [0.1, 0.15) is 24.9 Å². The highest BCUT2D eigenvalue weighted by Crippen LogP contribution is 2.30. The Labute approximate surface area is 103 Å². The molecule has 1 unspecified atom stereocenters. The van der Waals surface area contributed by atoms with Gasteiger partial charge in [0.05, 0.1) is 13.7 Å². The summed E-state index contributed by atoms with van der Waals surface area (Å²) in [5.74, 6) is 1.47. The van der Waals surface area contributed by atoms with Crippen LogP contribution in [0, 0.1) is 0 Å². The van der Waals surface area contributed by atoms with Crippen molar-refractivity contribution in [2.45, 2.75) is 19.4 Å². The van der Waals surface area contributed by atoms with Crippen molar-refractivity contribution in [1.29, 1.82) is 0 Å². The van der Waals surface area contributed by atoms with Gasteiger partial charge >= 0.3 is 0 Å². The quantitative estimate of drug-likeness (QED) is 0.761. The minimum absolute atomic E-state index is 0.129. The Morgan fingerprint density at radius 3 is 2.65 bits per heavy atom. The van der Waals surface area contributed by atoms with Gasteiger partial charge in [-0.3, -0.25) is 0 Å². The number of ether oxygens (including phenoxy) is 2. The molecule has 0 amide bonds. The molecule has 1 rings (SSSR count). The highest BCUT2D eigenvalue weighted by atomic mass is 16.5. The molecule has 2 N–H and O–H groups in total. The zero-order valence-corrected chi connectivity index (χ0v) is 10.7. The molecule has 0 heterocycles. The number of nitrogens with one attached hydrogen (secondary N) is 1. The second kappa shape index (κ2) is 7.14. The van der Waals surface area contributed by atoms with Crippen LogP contribution >= 0.6 is 0 Å². The van der Waals surface area contributed by atoms with E-state index in [1.54, 1.807) is 7.11 Å². The summed E-state index contributed by atoms with van der Waals surface area (Å²) in [5, 5.41) is 12.2. The predicted octanol–water partition coefficient (Wildman–Crippen LogP) is 1.74.